The van der Waals surface area contributed by atoms with Gasteiger partial charge in [-0.1, -0.05) is 257 Å². The molecule has 0 aliphatic carbocycles. The van der Waals surface area contributed by atoms with Gasteiger partial charge in [0.05, 0.1) is 5.02 Å². The van der Waals surface area contributed by atoms with Crippen molar-refractivity contribution in [1.29, 1.82) is 0 Å². The summed E-state index contributed by atoms with van der Waals surface area (Å²) in [5, 5.41) is -0.701. The maximum Gasteiger partial charge on any atom is 0.259 e. The molecule has 0 heterocycles. The summed E-state index contributed by atoms with van der Waals surface area (Å²) in [7, 11) is 0. The fourth-order valence-corrected chi connectivity index (χ4v) is 8.44. The lowest BCUT2D eigenvalue weighted by molar-refractivity contribution is -0.113. The van der Waals surface area contributed by atoms with E-state index >= 15 is 0 Å². The first-order valence-electron chi connectivity index (χ1n) is 28.3. The van der Waals surface area contributed by atoms with Crippen molar-refractivity contribution in [2.24, 2.45) is 11.3 Å². The molecule has 0 amide bonds. The van der Waals surface area contributed by atoms with Gasteiger partial charge in [-0.3, -0.25) is 24.0 Å². The third kappa shape index (κ3) is 61.5. The second-order valence-corrected chi connectivity index (χ2v) is 23.6. The molecule has 1 atom stereocenters. The van der Waals surface area contributed by atoms with E-state index in [0.29, 0.717) is 46.5 Å². The maximum atomic E-state index is 10.8. The zero-order chi connectivity index (χ0) is 56.3. The first kappa shape index (κ1) is 76.9. The van der Waals surface area contributed by atoms with Crippen LogP contribution in [0.1, 0.15) is 276 Å². The van der Waals surface area contributed by atoms with Crippen molar-refractivity contribution in [3.63, 3.8) is 0 Å². The number of unbranched alkanes of at least 4 members (excludes halogenated alkanes) is 26. The molecule has 1 unspecified atom stereocenters. The highest BCUT2D eigenvalue weighted by Gasteiger charge is 2.11. The van der Waals surface area contributed by atoms with Crippen LogP contribution in [0.15, 0.2) is 42.5 Å². The Hall–Kier alpha value is -1.38. The van der Waals surface area contributed by atoms with E-state index in [1.165, 1.54) is 172 Å². The van der Waals surface area contributed by atoms with Crippen LogP contribution in [0, 0.1) is 11.3 Å². The SMILES string of the molecule is CC(C)(C)CCC(=O)Cl.CCC(C)Cc1ccc(C(=O)Cl)cc1.CCCCCCCCCCCCCCC(=O)Cl.CCCCCCCCCCCCCCCCCCC(=O)Cl.O=C(Cl)COc1ccc(Cl)cc1Cl. The number of carbonyl (C=O) groups is 5. The standard InChI is InChI=1S/C19H37ClO.C15H29ClO.C12H15ClO.C8H5Cl3O2.C7H13ClO/c1-2-3-4-5-6-7-8-9-10-11-12-13-14-15-16-17-18-19(20)21;1-2-3-4-5-6-7-8-9-10-11-12-13-14-15(16)17;1-3-9(2)8-10-4-6-11(7-5-10)12(13)14;9-5-1-2-7(6(10)3-5)13-4-8(11)12;1-7(2,3)5-4-6(8)9/h2-18H2,1H3;2-14H2,1H3;4-7,9H,3,8H2,1-2H3;1-3H,4H2;4-5H2,1-3H3. The van der Waals surface area contributed by atoms with Crippen molar-refractivity contribution in [3.05, 3.63) is 63.6 Å². The minimum absolute atomic E-state index is 0.180. The van der Waals surface area contributed by atoms with Crippen molar-refractivity contribution in [2.75, 3.05) is 6.61 Å². The molecule has 0 aliphatic rings. The van der Waals surface area contributed by atoms with Gasteiger partial charge in [-0.2, -0.15) is 0 Å². The molecule has 0 bridgehead atoms. The fraction of sp³-hybridized carbons (Fsp3) is 0.721. The third-order valence-corrected chi connectivity index (χ3v) is 13.6. The van der Waals surface area contributed by atoms with E-state index in [9.17, 15) is 24.0 Å². The summed E-state index contributed by atoms with van der Waals surface area (Å²) in [5.74, 6) is 1.08. The quantitative estimate of drug-likeness (QED) is 0.0489. The zero-order valence-corrected chi connectivity index (χ0v) is 52.3. The van der Waals surface area contributed by atoms with E-state index in [4.69, 9.17) is 85.9 Å². The Morgan fingerprint density at radius 2 is 0.824 bits per heavy atom. The third-order valence-electron chi connectivity index (χ3n) is 12.2. The lowest BCUT2D eigenvalue weighted by Gasteiger charge is -2.15. The minimum atomic E-state index is -0.578. The van der Waals surface area contributed by atoms with Crippen molar-refractivity contribution >= 4 is 107 Å². The van der Waals surface area contributed by atoms with Gasteiger partial charge in [0.1, 0.15) is 5.75 Å². The normalized spacial score (nSPS) is 11.1. The smallest absolute Gasteiger partial charge is 0.259 e. The molecule has 6 nitrogen and oxygen atoms in total. The summed E-state index contributed by atoms with van der Waals surface area (Å²) in [6, 6.07) is 12.2. The van der Waals surface area contributed by atoms with Gasteiger partial charge < -0.3 is 4.74 Å². The lowest BCUT2D eigenvalue weighted by atomic mass is 9.91. The average molecular weight is 1180 g/mol. The van der Waals surface area contributed by atoms with E-state index < -0.39 is 5.24 Å². The van der Waals surface area contributed by atoms with Gasteiger partial charge in [0.25, 0.3) is 10.5 Å². The van der Waals surface area contributed by atoms with Crippen LogP contribution in [-0.2, 0) is 25.6 Å². The number of rotatable bonds is 39. The van der Waals surface area contributed by atoms with Crippen LogP contribution in [0.4, 0.5) is 0 Å². The first-order valence-corrected chi connectivity index (χ1v) is 30.9. The van der Waals surface area contributed by atoms with E-state index in [-0.39, 0.29) is 33.0 Å². The molecule has 2 aromatic carbocycles. The Balaban J connectivity index is -0.000000872. The monoisotopic (exact) mass is 1170 g/mol. The number of hydrogen-bond donors (Lipinski definition) is 0. The Bertz CT molecular complexity index is 1660. The maximum absolute atomic E-state index is 10.8. The van der Waals surface area contributed by atoms with Gasteiger partial charge >= 0.3 is 0 Å². The summed E-state index contributed by atoms with van der Waals surface area (Å²) < 4.78 is 4.98. The summed E-state index contributed by atoms with van der Waals surface area (Å²) in [6.45, 7) is 15.0. The second-order valence-electron chi connectivity index (χ2n) is 20.7. The van der Waals surface area contributed by atoms with Gasteiger partial charge in [0.15, 0.2) is 6.61 Å². The van der Waals surface area contributed by atoms with Gasteiger partial charge in [0, 0.05) is 29.8 Å². The molecule has 0 fully saturated rings. The molecule has 13 heteroatoms. The van der Waals surface area contributed by atoms with E-state index in [2.05, 4.69) is 48.5 Å². The number of ether oxygens (including phenoxy) is 1. The Kier molecular flexibility index (Phi) is 57.1. The Morgan fingerprint density at radius 1 is 0.473 bits per heavy atom. The predicted octanol–water partition coefficient (Wildman–Crippen LogP) is 22.6. The van der Waals surface area contributed by atoms with Crippen LogP contribution in [0.25, 0.3) is 0 Å². The molecule has 2 aromatic rings. The second kappa shape index (κ2) is 55.0. The topological polar surface area (TPSA) is 94.6 Å². The lowest BCUT2D eigenvalue weighted by Crippen LogP contribution is -2.05. The van der Waals surface area contributed by atoms with Crippen molar-refractivity contribution in [2.45, 2.75) is 267 Å². The fourth-order valence-electron chi connectivity index (χ4n) is 7.44. The molecule has 0 saturated carbocycles. The number of benzene rings is 2. The van der Waals surface area contributed by atoms with Crippen molar-refractivity contribution in [3.8, 4) is 5.75 Å². The summed E-state index contributed by atoms with van der Waals surface area (Å²) in [4.78, 5) is 52.5. The first-order chi connectivity index (χ1) is 35.2. The average Bonchev–Trinajstić information content (AvgIpc) is 3.34. The summed E-state index contributed by atoms with van der Waals surface area (Å²) in [6.07, 6.45) is 42.4. The molecule has 74 heavy (non-hydrogen) atoms. The highest BCUT2D eigenvalue weighted by atomic mass is 35.5. The molecule has 0 aliphatic heterocycles. The number of halogens is 7. The molecule has 0 spiro atoms. The Morgan fingerprint density at radius 3 is 1.09 bits per heavy atom. The molecule has 0 aromatic heterocycles. The van der Waals surface area contributed by atoms with E-state index in [0.717, 1.165) is 38.5 Å². The van der Waals surface area contributed by atoms with Crippen molar-refractivity contribution < 1.29 is 28.7 Å². The molecule has 0 saturated heterocycles. The van der Waals surface area contributed by atoms with Crippen LogP contribution in [0.5, 0.6) is 5.75 Å². The van der Waals surface area contributed by atoms with Crippen LogP contribution >= 0.6 is 81.2 Å². The summed E-state index contributed by atoms with van der Waals surface area (Å²) in [5.41, 5.74) is 2.06. The number of carbonyl (C=O) groups excluding carboxylic acids is 5. The van der Waals surface area contributed by atoms with Gasteiger partial charge in [0.2, 0.25) is 15.7 Å². The molecule has 428 valence electrons. The highest BCUT2D eigenvalue weighted by Crippen LogP contribution is 2.27. The molecule has 0 radical (unpaired) electrons. The van der Waals surface area contributed by atoms with Crippen LogP contribution in [-0.4, -0.2) is 32.8 Å². The number of hydrogen-bond acceptors (Lipinski definition) is 6. The van der Waals surface area contributed by atoms with Crippen LogP contribution in [0.2, 0.25) is 10.0 Å². The van der Waals surface area contributed by atoms with Gasteiger partial charge in [-0.05, 0) is 131 Å². The van der Waals surface area contributed by atoms with E-state index in [1.807, 2.05) is 12.1 Å². The zero-order valence-electron chi connectivity index (χ0n) is 47.0. The van der Waals surface area contributed by atoms with Gasteiger partial charge in [-0.25, -0.2) is 0 Å². The molecular weight excluding hydrogens is 1080 g/mol. The van der Waals surface area contributed by atoms with Crippen molar-refractivity contribution in [1.82, 2.24) is 0 Å². The van der Waals surface area contributed by atoms with Crippen LogP contribution in [0.3, 0.4) is 0 Å². The van der Waals surface area contributed by atoms with Crippen LogP contribution < -0.4 is 4.74 Å². The largest absolute Gasteiger partial charge is 0.483 e. The van der Waals surface area contributed by atoms with E-state index in [1.54, 1.807) is 24.3 Å². The molecule has 2 rings (SSSR count). The molecular formula is C61H99Cl7O6. The predicted molar refractivity (Wildman–Crippen MR) is 324 cm³/mol. The van der Waals surface area contributed by atoms with Gasteiger partial charge in [-0.15, -0.1) is 0 Å². The minimum Gasteiger partial charge on any atom is -0.483 e. The highest BCUT2D eigenvalue weighted by molar-refractivity contribution is 6.67. The summed E-state index contributed by atoms with van der Waals surface area (Å²) >= 11 is 37.5. The Labute approximate surface area is 486 Å². The molecule has 0 N–H and O–H groups in total.